The Morgan fingerprint density at radius 1 is 1.35 bits per heavy atom. The lowest BCUT2D eigenvalue weighted by atomic mass is 10.1. The molecule has 0 aliphatic carbocycles. The molecule has 5 heteroatoms. The van der Waals surface area contributed by atoms with Gasteiger partial charge in [0.2, 0.25) is 5.91 Å². The van der Waals surface area contributed by atoms with Gasteiger partial charge in [0.05, 0.1) is 24.3 Å². The third-order valence-electron chi connectivity index (χ3n) is 1.98. The minimum Gasteiger partial charge on any atom is -0.366 e. The maximum Gasteiger partial charge on any atom is 0.250 e. The maximum absolute atomic E-state index is 11.5. The second-order valence-electron chi connectivity index (χ2n) is 3.27. The molecule has 0 aliphatic rings. The molecule has 0 saturated heterocycles. The quantitative estimate of drug-likeness (QED) is 0.490. The minimum absolute atomic E-state index is 0.0807. The number of rotatable bonds is 5. The van der Waals surface area contributed by atoms with Crippen LogP contribution in [0, 0.1) is 12.3 Å². The van der Waals surface area contributed by atoms with E-state index < -0.39 is 5.91 Å². The van der Waals surface area contributed by atoms with Crippen molar-refractivity contribution in [2.45, 2.75) is 0 Å². The molecular formula is C12H13N3O2. The summed E-state index contributed by atoms with van der Waals surface area (Å²) in [7, 11) is 0. The highest BCUT2D eigenvalue weighted by molar-refractivity contribution is 6.03. The van der Waals surface area contributed by atoms with E-state index in [0.29, 0.717) is 12.2 Å². The number of carbonyl (C=O) groups excluding carboxylic acids is 2. The van der Waals surface area contributed by atoms with Crippen LogP contribution in [0.25, 0.3) is 0 Å². The van der Waals surface area contributed by atoms with E-state index in [1.807, 2.05) is 0 Å². The number of nitrogens with two attached hydrogens (primary N) is 1. The van der Waals surface area contributed by atoms with Gasteiger partial charge in [0.15, 0.2) is 0 Å². The predicted molar refractivity (Wildman–Crippen MR) is 65.3 cm³/mol. The molecule has 0 aromatic heterocycles. The second kappa shape index (κ2) is 6.30. The molecule has 1 aromatic carbocycles. The van der Waals surface area contributed by atoms with Crippen molar-refractivity contribution < 1.29 is 9.59 Å². The summed E-state index contributed by atoms with van der Waals surface area (Å²) >= 11 is 0. The van der Waals surface area contributed by atoms with Crippen LogP contribution >= 0.6 is 0 Å². The minimum atomic E-state index is -0.586. The summed E-state index contributed by atoms with van der Waals surface area (Å²) in [6.07, 6.45) is 5.03. The van der Waals surface area contributed by atoms with Gasteiger partial charge in [-0.15, -0.1) is 6.42 Å². The molecule has 0 unspecified atom stereocenters. The third kappa shape index (κ3) is 3.97. The van der Waals surface area contributed by atoms with E-state index in [1.54, 1.807) is 24.3 Å². The van der Waals surface area contributed by atoms with Gasteiger partial charge < -0.3 is 11.1 Å². The normalized spacial score (nSPS) is 9.35. The Bertz CT molecular complexity index is 463. The molecule has 0 heterocycles. The van der Waals surface area contributed by atoms with Crippen molar-refractivity contribution >= 4 is 17.5 Å². The molecule has 1 rings (SSSR count). The summed E-state index contributed by atoms with van der Waals surface area (Å²) in [5.41, 5.74) is 5.85. The molecule has 0 aliphatic heterocycles. The smallest absolute Gasteiger partial charge is 0.250 e. The Morgan fingerprint density at radius 2 is 2.06 bits per heavy atom. The number of terminal acetylenes is 1. The Balaban J connectivity index is 2.65. The molecule has 0 atom stereocenters. The molecule has 88 valence electrons. The van der Waals surface area contributed by atoms with E-state index in [0.717, 1.165) is 0 Å². The summed E-state index contributed by atoms with van der Waals surface area (Å²) < 4.78 is 0. The van der Waals surface area contributed by atoms with Crippen LogP contribution in [0.4, 0.5) is 5.69 Å². The Morgan fingerprint density at radius 3 is 2.71 bits per heavy atom. The summed E-state index contributed by atoms with van der Waals surface area (Å²) in [4.78, 5) is 22.6. The number of para-hydroxylation sites is 1. The van der Waals surface area contributed by atoms with E-state index in [-0.39, 0.29) is 18.0 Å². The molecule has 5 nitrogen and oxygen atoms in total. The van der Waals surface area contributed by atoms with Crippen molar-refractivity contribution in [2.24, 2.45) is 5.73 Å². The zero-order chi connectivity index (χ0) is 12.7. The highest BCUT2D eigenvalue weighted by atomic mass is 16.2. The fourth-order valence-corrected chi connectivity index (χ4v) is 1.25. The van der Waals surface area contributed by atoms with Gasteiger partial charge in [0, 0.05) is 0 Å². The molecule has 2 amide bonds. The first-order valence-electron chi connectivity index (χ1n) is 4.98. The molecular weight excluding hydrogens is 218 g/mol. The Labute approximate surface area is 99.4 Å². The monoisotopic (exact) mass is 231 g/mol. The van der Waals surface area contributed by atoms with Crippen LogP contribution in [0.1, 0.15) is 10.4 Å². The first-order chi connectivity index (χ1) is 8.15. The van der Waals surface area contributed by atoms with Gasteiger partial charge in [0.25, 0.3) is 5.91 Å². The second-order valence-corrected chi connectivity index (χ2v) is 3.27. The first-order valence-corrected chi connectivity index (χ1v) is 4.98. The number of anilines is 1. The Kier molecular flexibility index (Phi) is 4.73. The summed E-state index contributed by atoms with van der Waals surface area (Å²) in [6.45, 7) is 0.391. The molecule has 4 N–H and O–H groups in total. The zero-order valence-corrected chi connectivity index (χ0v) is 9.19. The highest BCUT2D eigenvalue weighted by Gasteiger charge is 2.09. The van der Waals surface area contributed by atoms with Gasteiger partial charge >= 0.3 is 0 Å². The summed E-state index contributed by atoms with van der Waals surface area (Å²) in [5.74, 6) is 1.48. The SMILES string of the molecule is C#CCNCC(=O)Nc1ccccc1C(N)=O. The van der Waals surface area contributed by atoms with Crippen molar-refractivity contribution in [2.75, 3.05) is 18.4 Å². The van der Waals surface area contributed by atoms with E-state index in [2.05, 4.69) is 16.6 Å². The summed E-state index contributed by atoms with van der Waals surface area (Å²) in [6, 6.07) is 6.54. The van der Waals surface area contributed by atoms with Crippen LogP contribution in [0.3, 0.4) is 0 Å². The van der Waals surface area contributed by atoms with Gasteiger partial charge in [-0.3, -0.25) is 14.9 Å². The van der Waals surface area contributed by atoms with Crippen molar-refractivity contribution in [3.8, 4) is 12.3 Å². The standard InChI is InChI=1S/C12H13N3O2/c1-2-7-14-8-11(16)15-10-6-4-3-5-9(10)12(13)17/h1,3-6,14H,7-8H2,(H2,13,17)(H,15,16). The number of hydrogen-bond acceptors (Lipinski definition) is 3. The van der Waals surface area contributed by atoms with Gasteiger partial charge in [0.1, 0.15) is 0 Å². The van der Waals surface area contributed by atoms with Crippen LogP contribution in [0.5, 0.6) is 0 Å². The average molecular weight is 231 g/mol. The van der Waals surface area contributed by atoms with E-state index >= 15 is 0 Å². The van der Waals surface area contributed by atoms with E-state index in [4.69, 9.17) is 12.2 Å². The topological polar surface area (TPSA) is 84.2 Å². The maximum atomic E-state index is 11.5. The fourth-order valence-electron chi connectivity index (χ4n) is 1.25. The van der Waals surface area contributed by atoms with Crippen LogP contribution in [0.2, 0.25) is 0 Å². The van der Waals surface area contributed by atoms with Gasteiger partial charge in [-0.25, -0.2) is 0 Å². The van der Waals surface area contributed by atoms with Gasteiger partial charge in [-0.1, -0.05) is 18.1 Å². The van der Waals surface area contributed by atoms with Crippen LogP contribution in [0.15, 0.2) is 24.3 Å². The van der Waals surface area contributed by atoms with Crippen LogP contribution < -0.4 is 16.4 Å². The van der Waals surface area contributed by atoms with Crippen molar-refractivity contribution in [1.29, 1.82) is 0 Å². The van der Waals surface area contributed by atoms with Gasteiger partial charge in [-0.2, -0.15) is 0 Å². The lowest BCUT2D eigenvalue weighted by Gasteiger charge is -2.08. The number of nitrogens with one attached hydrogen (secondary N) is 2. The van der Waals surface area contributed by atoms with E-state index in [1.165, 1.54) is 0 Å². The van der Waals surface area contributed by atoms with Gasteiger partial charge in [-0.05, 0) is 12.1 Å². The van der Waals surface area contributed by atoms with Crippen molar-refractivity contribution in [1.82, 2.24) is 5.32 Å². The largest absolute Gasteiger partial charge is 0.366 e. The Hall–Kier alpha value is -2.32. The fraction of sp³-hybridized carbons (Fsp3) is 0.167. The van der Waals surface area contributed by atoms with Crippen LogP contribution in [-0.4, -0.2) is 24.9 Å². The predicted octanol–water partition coefficient (Wildman–Crippen LogP) is -0.0532. The number of primary amides is 1. The lowest BCUT2D eigenvalue weighted by molar-refractivity contribution is -0.115. The number of benzene rings is 1. The zero-order valence-electron chi connectivity index (χ0n) is 9.19. The first kappa shape index (κ1) is 12.7. The molecule has 0 bridgehead atoms. The van der Waals surface area contributed by atoms with E-state index in [9.17, 15) is 9.59 Å². The average Bonchev–Trinajstić information content (AvgIpc) is 2.29. The molecule has 1 aromatic rings. The molecule has 0 radical (unpaired) electrons. The molecule has 0 spiro atoms. The van der Waals surface area contributed by atoms with Crippen molar-refractivity contribution in [3.63, 3.8) is 0 Å². The number of carbonyl (C=O) groups is 2. The molecule has 17 heavy (non-hydrogen) atoms. The number of amides is 2. The molecule has 0 fully saturated rings. The van der Waals surface area contributed by atoms with Crippen molar-refractivity contribution in [3.05, 3.63) is 29.8 Å². The van der Waals surface area contributed by atoms with Crippen LogP contribution in [-0.2, 0) is 4.79 Å². The molecule has 0 saturated carbocycles. The third-order valence-corrected chi connectivity index (χ3v) is 1.98. The summed E-state index contributed by atoms with van der Waals surface area (Å²) in [5, 5.41) is 5.32. The lowest BCUT2D eigenvalue weighted by Crippen LogP contribution is -2.29. The highest BCUT2D eigenvalue weighted by Crippen LogP contribution is 2.13. The number of hydrogen-bond donors (Lipinski definition) is 3.